The molecule has 18 heavy (non-hydrogen) atoms. The fourth-order valence-electron chi connectivity index (χ4n) is 3.12. The van der Waals surface area contributed by atoms with Crippen molar-refractivity contribution in [3.63, 3.8) is 0 Å². The molecule has 4 nitrogen and oxygen atoms in total. The van der Waals surface area contributed by atoms with Crippen molar-refractivity contribution in [1.82, 2.24) is 14.8 Å². The van der Waals surface area contributed by atoms with Gasteiger partial charge in [-0.05, 0) is 31.5 Å². The maximum atomic E-state index is 5.65. The second kappa shape index (κ2) is 5.24. The van der Waals surface area contributed by atoms with Gasteiger partial charge in [0.1, 0.15) is 0 Å². The summed E-state index contributed by atoms with van der Waals surface area (Å²) in [6, 6.07) is 4.80. The SMILES string of the molecule is Nc1ccc(CCN2CCN3CCCC3C2)nc1. The second-order valence-corrected chi connectivity index (χ2v) is 5.47. The van der Waals surface area contributed by atoms with E-state index in [4.69, 9.17) is 5.73 Å². The van der Waals surface area contributed by atoms with Crippen LogP contribution < -0.4 is 5.73 Å². The summed E-state index contributed by atoms with van der Waals surface area (Å²) in [5.74, 6) is 0. The van der Waals surface area contributed by atoms with E-state index in [9.17, 15) is 0 Å². The summed E-state index contributed by atoms with van der Waals surface area (Å²) < 4.78 is 0. The molecule has 0 aliphatic carbocycles. The number of nitrogens with two attached hydrogens (primary N) is 1. The van der Waals surface area contributed by atoms with Gasteiger partial charge in [0.2, 0.25) is 0 Å². The molecule has 0 amide bonds. The fourth-order valence-corrected chi connectivity index (χ4v) is 3.12. The molecular formula is C14H22N4. The van der Waals surface area contributed by atoms with E-state index in [0.717, 1.165) is 30.4 Å². The third-order valence-corrected chi connectivity index (χ3v) is 4.20. The Morgan fingerprint density at radius 2 is 2.22 bits per heavy atom. The molecular weight excluding hydrogens is 224 g/mol. The number of aromatic nitrogens is 1. The van der Waals surface area contributed by atoms with E-state index in [0.29, 0.717) is 0 Å². The Labute approximate surface area is 109 Å². The van der Waals surface area contributed by atoms with Crippen molar-refractivity contribution in [3.05, 3.63) is 24.0 Å². The molecule has 1 unspecified atom stereocenters. The molecule has 2 N–H and O–H groups in total. The number of piperazine rings is 1. The topological polar surface area (TPSA) is 45.4 Å². The third-order valence-electron chi connectivity index (χ3n) is 4.20. The molecule has 98 valence electrons. The zero-order chi connectivity index (χ0) is 12.4. The number of nitrogens with zero attached hydrogens (tertiary/aromatic N) is 3. The zero-order valence-corrected chi connectivity index (χ0v) is 10.9. The van der Waals surface area contributed by atoms with Crippen LogP contribution in [0.25, 0.3) is 0 Å². The van der Waals surface area contributed by atoms with Crippen LogP contribution in [0.4, 0.5) is 5.69 Å². The molecule has 1 atom stereocenters. The van der Waals surface area contributed by atoms with Crippen molar-refractivity contribution in [2.75, 3.05) is 38.5 Å². The molecule has 1 aromatic heterocycles. The average Bonchev–Trinajstić information content (AvgIpc) is 2.85. The highest BCUT2D eigenvalue weighted by molar-refractivity contribution is 5.34. The van der Waals surface area contributed by atoms with Gasteiger partial charge in [-0.3, -0.25) is 9.88 Å². The monoisotopic (exact) mass is 246 g/mol. The van der Waals surface area contributed by atoms with Gasteiger partial charge >= 0.3 is 0 Å². The number of rotatable bonds is 3. The number of pyridine rings is 1. The Bertz CT molecular complexity index is 389. The van der Waals surface area contributed by atoms with Crippen LogP contribution in [0.2, 0.25) is 0 Å². The molecule has 3 heterocycles. The van der Waals surface area contributed by atoms with Crippen LogP contribution in [0, 0.1) is 0 Å². The van der Waals surface area contributed by atoms with Crippen LogP contribution in [0.15, 0.2) is 18.3 Å². The number of hydrogen-bond donors (Lipinski definition) is 1. The summed E-state index contributed by atoms with van der Waals surface area (Å²) in [6.07, 6.45) is 5.56. The largest absolute Gasteiger partial charge is 0.397 e. The van der Waals surface area contributed by atoms with E-state index in [-0.39, 0.29) is 0 Å². The van der Waals surface area contributed by atoms with Gasteiger partial charge in [0, 0.05) is 44.3 Å². The molecule has 1 aromatic rings. The van der Waals surface area contributed by atoms with Gasteiger partial charge in [-0.15, -0.1) is 0 Å². The average molecular weight is 246 g/mol. The standard InChI is InChI=1S/C14H22N4/c15-12-3-4-13(16-10-12)5-7-17-8-9-18-6-1-2-14(18)11-17/h3-4,10,14H,1-2,5-9,11,15H2. The summed E-state index contributed by atoms with van der Waals surface area (Å²) in [6.45, 7) is 6.15. The molecule has 2 aliphatic rings. The first-order chi connectivity index (χ1) is 8.81. The molecule has 2 fully saturated rings. The van der Waals surface area contributed by atoms with Crippen LogP contribution >= 0.6 is 0 Å². The second-order valence-electron chi connectivity index (χ2n) is 5.47. The van der Waals surface area contributed by atoms with Gasteiger partial charge in [0.25, 0.3) is 0 Å². The van der Waals surface area contributed by atoms with E-state index < -0.39 is 0 Å². The lowest BCUT2D eigenvalue weighted by Gasteiger charge is -2.37. The predicted octanol–water partition coefficient (Wildman–Crippen LogP) is 0.986. The Morgan fingerprint density at radius 3 is 3.06 bits per heavy atom. The molecule has 0 aromatic carbocycles. The van der Waals surface area contributed by atoms with Crippen molar-refractivity contribution < 1.29 is 0 Å². The first kappa shape index (κ1) is 11.9. The van der Waals surface area contributed by atoms with Crippen LogP contribution in [-0.2, 0) is 6.42 Å². The molecule has 2 saturated heterocycles. The van der Waals surface area contributed by atoms with Crippen molar-refractivity contribution >= 4 is 5.69 Å². The Morgan fingerprint density at radius 1 is 1.28 bits per heavy atom. The number of hydrogen-bond acceptors (Lipinski definition) is 4. The Kier molecular flexibility index (Phi) is 3.48. The highest BCUT2D eigenvalue weighted by atomic mass is 15.3. The normalized spacial score (nSPS) is 25.2. The van der Waals surface area contributed by atoms with Crippen molar-refractivity contribution in [3.8, 4) is 0 Å². The van der Waals surface area contributed by atoms with E-state index in [1.54, 1.807) is 6.20 Å². The van der Waals surface area contributed by atoms with Gasteiger partial charge in [-0.25, -0.2) is 0 Å². The van der Waals surface area contributed by atoms with Crippen LogP contribution in [0.1, 0.15) is 18.5 Å². The molecule has 0 spiro atoms. The molecule has 4 heteroatoms. The van der Waals surface area contributed by atoms with E-state index in [1.165, 1.54) is 39.0 Å². The van der Waals surface area contributed by atoms with Gasteiger partial charge in [0.15, 0.2) is 0 Å². The summed E-state index contributed by atoms with van der Waals surface area (Å²) in [4.78, 5) is 9.61. The lowest BCUT2D eigenvalue weighted by molar-refractivity contribution is 0.105. The zero-order valence-electron chi connectivity index (χ0n) is 10.9. The van der Waals surface area contributed by atoms with Gasteiger partial charge in [0.05, 0.1) is 11.9 Å². The summed E-state index contributed by atoms with van der Waals surface area (Å²) in [5.41, 5.74) is 7.55. The van der Waals surface area contributed by atoms with E-state index in [2.05, 4.69) is 14.8 Å². The Hall–Kier alpha value is -1.13. The van der Waals surface area contributed by atoms with Crippen molar-refractivity contribution in [1.29, 1.82) is 0 Å². The number of fused-ring (bicyclic) bond motifs is 1. The highest BCUT2D eigenvalue weighted by Crippen LogP contribution is 2.21. The quantitative estimate of drug-likeness (QED) is 0.864. The van der Waals surface area contributed by atoms with Gasteiger partial charge in [-0.1, -0.05) is 0 Å². The lowest BCUT2D eigenvalue weighted by Crippen LogP contribution is -2.50. The Balaban J connectivity index is 1.50. The minimum atomic E-state index is 0.748. The number of nitrogen functional groups attached to an aromatic ring is 1. The van der Waals surface area contributed by atoms with Crippen LogP contribution in [0.5, 0.6) is 0 Å². The number of anilines is 1. The first-order valence-electron chi connectivity index (χ1n) is 6.98. The maximum Gasteiger partial charge on any atom is 0.0501 e. The molecule has 0 saturated carbocycles. The summed E-state index contributed by atoms with van der Waals surface area (Å²) in [7, 11) is 0. The summed E-state index contributed by atoms with van der Waals surface area (Å²) >= 11 is 0. The minimum absolute atomic E-state index is 0.748. The highest BCUT2D eigenvalue weighted by Gasteiger charge is 2.29. The first-order valence-corrected chi connectivity index (χ1v) is 6.98. The molecule has 0 bridgehead atoms. The van der Waals surface area contributed by atoms with E-state index >= 15 is 0 Å². The van der Waals surface area contributed by atoms with Crippen LogP contribution in [-0.4, -0.2) is 53.5 Å². The summed E-state index contributed by atoms with van der Waals surface area (Å²) in [5, 5.41) is 0. The van der Waals surface area contributed by atoms with Crippen molar-refractivity contribution in [2.24, 2.45) is 0 Å². The molecule has 0 radical (unpaired) electrons. The van der Waals surface area contributed by atoms with Gasteiger partial charge < -0.3 is 10.6 Å². The van der Waals surface area contributed by atoms with E-state index in [1.807, 2.05) is 12.1 Å². The fraction of sp³-hybridized carbons (Fsp3) is 0.643. The maximum absolute atomic E-state index is 5.65. The third kappa shape index (κ3) is 2.65. The van der Waals surface area contributed by atoms with Crippen LogP contribution in [0.3, 0.4) is 0 Å². The molecule has 2 aliphatic heterocycles. The predicted molar refractivity (Wildman–Crippen MR) is 73.4 cm³/mol. The minimum Gasteiger partial charge on any atom is -0.397 e. The lowest BCUT2D eigenvalue weighted by atomic mass is 10.1. The smallest absolute Gasteiger partial charge is 0.0501 e. The van der Waals surface area contributed by atoms with Crippen molar-refractivity contribution in [2.45, 2.75) is 25.3 Å². The molecule has 3 rings (SSSR count). The van der Waals surface area contributed by atoms with Gasteiger partial charge in [-0.2, -0.15) is 0 Å².